The highest BCUT2D eigenvalue weighted by atomic mass is 16.5. The summed E-state index contributed by atoms with van der Waals surface area (Å²) in [4.78, 5) is 25.7. The largest absolute Gasteiger partial charge is 0.507 e. The molecule has 1 aromatic heterocycles. The molecule has 36 heavy (non-hydrogen) atoms. The molecule has 9 nitrogen and oxygen atoms in total. The maximum atomic E-state index is 13.2. The molecule has 0 saturated carbocycles. The number of hydrogen-bond donors (Lipinski definition) is 4. The fraction of sp³-hybridized carbons (Fsp3) is 0.185. The molecule has 4 N–H and O–H groups in total. The lowest BCUT2D eigenvalue weighted by molar-refractivity contribution is -0.135. The summed E-state index contributed by atoms with van der Waals surface area (Å²) in [5, 5.41) is 40.6. The van der Waals surface area contributed by atoms with Gasteiger partial charge in [0.2, 0.25) is 11.2 Å². The van der Waals surface area contributed by atoms with Gasteiger partial charge in [0.15, 0.2) is 17.3 Å². The summed E-state index contributed by atoms with van der Waals surface area (Å²) < 4.78 is 17.4. The van der Waals surface area contributed by atoms with Crippen LogP contribution in [-0.2, 0) is 4.79 Å². The number of phenolic OH excluding ortho intramolecular Hbond substituents is 3. The molecule has 0 saturated heterocycles. The summed E-state index contributed by atoms with van der Waals surface area (Å²) >= 11 is 0. The van der Waals surface area contributed by atoms with E-state index in [1.54, 1.807) is 24.3 Å². The Morgan fingerprint density at radius 3 is 2.42 bits per heavy atom. The van der Waals surface area contributed by atoms with Crippen molar-refractivity contribution in [2.45, 2.75) is 32.3 Å². The maximum absolute atomic E-state index is 13.2. The van der Waals surface area contributed by atoms with Crippen LogP contribution < -0.4 is 14.9 Å². The van der Waals surface area contributed by atoms with E-state index in [0.717, 1.165) is 12.1 Å². The number of ether oxygens (including phenoxy) is 2. The number of phenols is 3. The number of fused-ring (bicyclic) bond motifs is 3. The number of hydrogen-bond acceptors (Lipinski definition) is 9. The van der Waals surface area contributed by atoms with Crippen molar-refractivity contribution >= 4 is 16.9 Å². The summed E-state index contributed by atoms with van der Waals surface area (Å²) in [5.41, 5.74) is 0.0691. The molecule has 9 heteroatoms. The smallest absolute Gasteiger partial charge is 0.312 e. The summed E-state index contributed by atoms with van der Waals surface area (Å²) in [5.74, 6) is -3.17. The molecule has 0 amide bonds. The van der Waals surface area contributed by atoms with Crippen molar-refractivity contribution in [2.75, 3.05) is 0 Å². The predicted octanol–water partition coefficient (Wildman–Crippen LogP) is 4.51. The Hall–Kier alpha value is -4.66. The van der Waals surface area contributed by atoms with Crippen molar-refractivity contribution in [3.8, 4) is 45.8 Å². The maximum Gasteiger partial charge on any atom is 0.312 e. The zero-order valence-electron chi connectivity index (χ0n) is 19.3. The quantitative estimate of drug-likeness (QED) is 0.184. The van der Waals surface area contributed by atoms with Crippen LogP contribution in [0, 0.1) is 0 Å². The van der Waals surface area contributed by atoms with E-state index >= 15 is 0 Å². The van der Waals surface area contributed by atoms with Crippen LogP contribution in [0.4, 0.5) is 0 Å². The normalized spacial score (nSPS) is 15.1. The van der Waals surface area contributed by atoms with Gasteiger partial charge in [-0.1, -0.05) is 18.2 Å². The first-order valence-electron chi connectivity index (χ1n) is 11.2. The molecule has 1 atom stereocenters. The van der Waals surface area contributed by atoms with E-state index in [1.807, 2.05) is 13.8 Å². The fourth-order valence-corrected chi connectivity index (χ4v) is 4.44. The fourth-order valence-electron chi connectivity index (χ4n) is 4.44. The van der Waals surface area contributed by atoms with Crippen molar-refractivity contribution in [1.82, 2.24) is 0 Å². The van der Waals surface area contributed by atoms with Gasteiger partial charge in [0.05, 0.1) is 12.5 Å². The first-order chi connectivity index (χ1) is 17.2. The molecule has 5 rings (SSSR count). The molecule has 0 aliphatic carbocycles. The van der Waals surface area contributed by atoms with Crippen LogP contribution in [0.1, 0.15) is 37.3 Å². The molecule has 184 valence electrons. The van der Waals surface area contributed by atoms with Crippen molar-refractivity contribution < 1.29 is 39.1 Å². The first-order valence-corrected chi connectivity index (χ1v) is 11.2. The second-order valence-corrected chi connectivity index (χ2v) is 8.76. The number of carbonyl (C=O) groups excluding carboxylic acids is 1. The molecular formula is C27H22O9. The zero-order chi connectivity index (χ0) is 25.7. The number of benzene rings is 3. The Morgan fingerprint density at radius 1 is 0.944 bits per heavy atom. The number of rotatable bonds is 4. The highest BCUT2D eigenvalue weighted by Gasteiger charge is 2.36. The van der Waals surface area contributed by atoms with Crippen LogP contribution in [0.5, 0.6) is 34.5 Å². The van der Waals surface area contributed by atoms with Gasteiger partial charge in [0.1, 0.15) is 28.2 Å². The zero-order valence-corrected chi connectivity index (χ0v) is 19.3. The predicted molar refractivity (Wildman–Crippen MR) is 129 cm³/mol. The Morgan fingerprint density at radius 2 is 1.69 bits per heavy atom. The third-order valence-electron chi connectivity index (χ3n) is 5.96. The van der Waals surface area contributed by atoms with Gasteiger partial charge >= 0.3 is 5.97 Å². The van der Waals surface area contributed by atoms with E-state index in [0.29, 0.717) is 16.9 Å². The SMILES string of the molecule is CC(C)Oc1ccccc1[C@@H]1CC(=O)Oc2cc(O)c3c(=O)c(O)c(-c4ccc(O)c(O)c4)oc3c21. The number of para-hydroxylation sites is 1. The van der Waals surface area contributed by atoms with E-state index in [1.165, 1.54) is 12.1 Å². The van der Waals surface area contributed by atoms with E-state index in [9.17, 15) is 30.0 Å². The van der Waals surface area contributed by atoms with Gasteiger partial charge in [0, 0.05) is 28.7 Å². The minimum Gasteiger partial charge on any atom is -0.507 e. The Bertz CT molecular complexity index is 1580. The molecule has 1 aliphatic rings. The Balaban J connectivity index is 1.84. The molecule has 0 bridgehead atoms. The van der Waals surface area contributed by atoms with Crippen LogP contribution >= 0.6 is 0 Å². The molecule has 0 radical (unpaired) electrons. The molecule has 2 heterocycles. The van der Waals surface area contributed by atoms with Crippen LogP contribution in [0.15, 0.2) is 57.7 Å². The third kappa shape index (κ3) is 3.74. The van der Waals surface area contributed by atoms with E-state index in [-0.39, 0.29) is 40.6 Å². The van der Waals surface area contributed by atoms with Gasteiger partial charge in [-0.2, -0.15) is 0 Å². The lowest BCUT2D eigenvalue weighted by Crippen LogP contribution is -2.23. The topological polar surface area (TPSA) is 147 Å². The van der Waals surface area contributed by atoms with Gasteiger partial charge in [-0.3, -0.25) is 9.59 Å². The van der Waals surface area contributed by atoms with Crippen molar-refractivity contribution in [3.63, 3.8) is 0 Å². The minimum absolute atomic E-state index is 0.00828. The molecule has 1 aliphatic heterocycles. The monoisotopic (exact) mass is 490 g/mol. The van der Waals surface area contributed by atoms with Crippen LogP contribution in [0.25, 0.3) is 22.3 Å². The first kappa shape index (κ1) is 23.1. The molecule has 0 fully saturated rings. The Labute approximate surface area is 204 Å². The van der Waals surface area contributed by atoms with E-state index < -0.39 is 40.3 Å². The van der Waals surface area contributed by atoms with Gasteiger partial charge in [0.25, 0.3) is 0 Å². The van der Waals surface area contributed by atoms with Gasteiger partial charge < -0.3 is 34.3 Å². The minimum atomic E-state index is -0.915. The molecule has 4 aromatic rings. The van der Waals surface area contributed by atoms with Crippen molar-refractivity contribution in [1.29, 1.82) is 0 Å². The van der Waals surface area contributed by atoms with Gasteiger partial charge in [-0.05, 0) is 38.1 Å². The van der Waals surface area contributed by atoms with Crippen molar-refractivity contribution in [3.05, 3.63) is 69.9 Å². The highest BCUT2D eigenvalue weighted by Crippen LogP contribution is 2.48. The standard InChI is InChI=1S/C27H22O9/c1-12(2)34-19-6-4-3-5-14(19)15-10-21(31)35-20-11-18(30)23-24(32)25(33)26(36-27(23)22(15)20)13-7-8-16(28)17(29)9-13/h3-9,11-12,15,28-30,33H,10H2,1-2H3/t15-/m0/s1. The number of carbonyl (C=O) groups is 1. The lowest BCUT2D eigenvalue weighted by atomic mass is 9.84. The van der Waals surface area contributed by atoms with E-state index in [4.69, 9.17) is 13.9 Å². The van der Waals surface area contributed by atoms with Crippen LogP contribution in [0.2, 0.25) is 0 Å². The summed E-state index contributed by atoms with van der Waals surface area (Å²) in [6.07, 6.45) is -0.244. The number of esters is 1. The molecule has 3 aromatic carbocycles. The van der Waals surface area contributed by atoms with Gasteiger partial charge in [-0.15, -0.1) is 0 Å². The summed E-state index contributed by atoms with van der Waals surface area (Å²) in [7, 11) is 0. The van der Waals surface area contributed by atoms with Crippen LogP contribution in [0.3, 0.4) is 0 Å². The third-order valence-corrected chi connectivity index (χ3v) is 5.96. The van der Waals surface area contributed by atoms with Crippen LogP contribution in [-0.4, -0.2) is 32.5 Å². The average molecular weight is 490 g/mol. The second kappa shape index (κ2) is 8.53. The number of aromatic hydroxyl groups is 4. The van der Waals surface area contributed by atoms with Crippen molar-refractivity contribution in [2.24, 2.45) is 0 Å². The summed E-state index contributed by atoms with van der Waals surface area (Å²) in [6, 6.07) is 11.9. The summed E-state index contributed by atoms with van der Waals surface area (Å²) in [6.45, 7) is 3.74. The molecule has 0 unspecified atom stereocenters. The van der Waals surface area contributed by atoms with Gasteiger partial charge in [-0.25, -0.2) is 0 Å². The Kier molecular flexibility index (Phi) is 5.47. The highest BCUT2D eigenvalue weighted by molar-refractivity contribution is 5.94. The molecule has 0 spiro atoms. The van der Waals surface area contributed by atoms with E-state index in [2.05, 4.69) is 0 Å². The second-order valence-electron chi connectivity index (χ2n) is 8.76. The molecular weight excluding hydrogens is 468 g/mol. The average Bonchev–Trinajstić information content (AvgIpc) is 2.82. The lowest BCUT2D eigenvalue weighted by Gasteiger charge is -2.27.